The number of ether oxygens (including phenoxy) is 3. The maximum absolute atomic E-state index is 12.5. The Morgan fingerprint density at radius 3 is 2.58 bits per heavy atom. The Hall–Kier alpha value is -3.36. The second-order valence-electron chi connectivity index (χ2n) is 6.55. The lowest BCUT2D eigenvalue weighted by Gasteiger charge is -2.26. The van der Waals surface area contributed by atoms with Crippen LogP contribution in [0, 0.1) is 0 Å². The van der Waals surface area contributed by atoms with E-state index in [0.29, 0.717) is 29.8 Å². The highest BCUT2D eigenvalue weighted by Crippen LogP contribution is 2.29. The number of aliphatic carboxylic acids is 1. The number of hydrogen-bond donors (Lipinski definition) is 3. The van der Waals surface area contributed by atoms with Crippen molar-refractivity contribution in [1.29, 1.82) is 0 Å². The molecule has 0 heterocycles. The molecule has 0 aliphatic rings. The lowest BCUT2D eigenvalue weighted by molar-refractivity contribution is -0.131. The van der Waals surface area contributed by atoms with Crippen molar-refractivity contribution in [1.82, 2.24) is 0 Å². The quantitative estimate of drug-likeness (QED) is 0.440. The number of aliphatic hydroxyl groups excluding tert-OH is 1. The number of nitrogens with one attached hydrogen (secondary N) is 1. The van der Waals surface area contributed by atoms with Crippen molar-refractivity contribution < 1.29 is 34.0 Å². The molecule has 8 heteroatoms. The number of carboxylic acid groups (broad SMARTS) is 1. The van der Waals surface area contributed by atoms with Crippen molar-refractivity contribution in [2.24, 2.45) is 0 Å². The van der Waals surface area contributed by atoms with Crippen molar-refractivity contribution >= 4 is 17.7 Å². The topological polar surface area (TPSA) is 114 Å². The van der Waals surface area contributed by atoms with Gasteiger partial charge in [0.15, 0.2) is 6.10 Å². The summed E-state index contributed by atoms with van der Waals surface area (Å²) in [7, 11) is 1.50. The molecule has 3 N–H and O–H groups in total. The van der Waals surface area contributed by atoms with E-state index in [1.807, 2.05) is 6.07 Å². The van der Waals surface area contributed by atoms with Gasteiger partial charge in [-0.15, -0.1) is 0 Å². The highest BCUT2D eigenvalue weighted by molar-refractivity contribution is 5.84. The third-order valence-electron chi connectivity index (χ3n) is 4.32. The van der Waals surface area contributed by atoms with Gasteiger partial charge in [-0.2, -0.15) is 0 Å². The predicted molar refractivity (Wildman–Crippen MR) is 115 cm³/mol. The number of rotatable bonds is 12. The first-order valence-corrected chi connectivity index (χ1v) is 9.82. The van der Waals surface area contributed by atoms with Crippen LogP contribution in [-0.2, 0) is 14.3 Å². The van der Waals surface area contributed by atoms with Crippen LogP contribution in [-0.4, -0.2) is 48.7 Å². The second kappa shape index (κ2) is 13.0. The maximum Gasteiger partial charge on any atom is 0.412 e. The van der Waals surface area contributed by atoms with Crippen molar-refractivity contribution in [2.75, 3.05) is 25.6 Å². The molecule has 0 aromatic heterocycles. The zero-order valence-corrected chi connectivity index (χ0v) is 17.3. The Morgan fingerprint density at radius 1 is 1.13 bits per heavy atom. The van der Waals surface area contributed by atoms with Gasteiger partial charge in [0.25, 0.3) is 0 Å². The number of allylic oxidation sites excluding steroid dienone is 1. The van der Waals surface area contributed by atoms with Crippen molar-refractivity contribution in [3.63, 3.8) is 0 Å². The van der Waals surface area contributed by atoms with Crippen LogP contribution >= 0.6 is 0 Å². The molecule has 2 aromatic rings. The Balaban J connectivity index is 2.20. The molecule has 1 amide bonds. The van der Waals surface area contributed by atoms with Gasteiger partial charge in [0.2, 0.25) is 0 Å². The van der Waals surface area contributed by atoms with Crippen molar-refractivity contribution in [3.05, 3.63) is 72.3 Å². The predicted octanol–water partition coefficient (Wildman–Crippen LogP) is 3.78. The zero-order valence-electron chi connectivity index (χ0n) is 17.3. The number of hydrogen-bond acceptors (Lipinski definition) is 6. The lowest BCUT2D eigenvalue weighted by atomic mass is 10.00. The Labute approximate surface area is 181 Å². The van der Waals surface area contributed by atoms with Gasteiger partial charge in [-0.1, -0.05) is 36.4 Å². The van der Waals surface area contributed by atoms with E-state index in [2.05, 4.69) is 5.32 Å². The largest absolute Gasteiger partial charge is 0.491 e. The molecule has 8 nitrogen and oxygen atoms in total. The number of carbonyl (C=O) groups excluding carboxylic acids is 1. The Kier molecular flexibility index (Phi) is 10.1. The van der Waals surface area contributed by atoms with Gasteiger partial charge in [0, 0.05) is 18.9 Å². The minimum Gasteiger partial charge on any atom is -0.491 e. The number of carboxylic acids is 1. The Bertz CT molecular complexity index is 854. The molecule has 0 unspecified atom stereocenters. The van der Waals surface area contributed by atoms with Crippen LogP contribution in [0.5, 0.6) is 5.75 Å². The van der Waals surface area contributed by atoms with Crippen LogP contribution in [0.25, 0.3) is 0 Å². The summed E-state index contributed by atoms with van der Waals surface area (Å²) in [4.78, 5) is 23.2. The summed E-state index contributed by atoms with van der Waals surface area (Å²) in [6, 6.07) is 15.9. The highest BCUT2D eigenvalue weighted by Gasteiger charge is 2.27. The van der Waals surface area contributed by atoms with E-state index in [1.165, 1.54) is 13.2 Å². The highest BCUT2D eigenvalue weighted by atomic mass is 16.6. The van der Waals surface area contributed by atoms with E-state index in [-0.39, 0.29) is 13.2 Å². The summed E-state index contributed by atoms with van der Waals surface area (Å²) in [5.41, 5.74) is 1.23. The fraction of sp³-hybridized carbons (Fsp3) is 0.304. The molecule has 0 saturated heterocycles. The van der Waals surface area contributed by atoms with Crippen LogP contribution in [0.1, 0.15) is 24.5 Å². The van der Waals surface area contributed by atoms with Crippen molar-refractivity contribution in [2.45, 2.75) is 25.0 Å². The van der Waals surface area contributed by atoms with Gasteiger partial charge in [-0.3, -0.25) is 5.32 Å². The standard InChI is InChI=1S/C23H27NO7/c1-29-20(12-5-6-13-21(26)27)22(17-8-7-11-19(16-17)30-15-14-25)31-23(28)24-18-9-3-2-4-10-18/h2-4,6-11,13,16,20,22,25H,5,12,14-15H2,1H3,(H,24,28)(H,26,27)/b13-6+/t20-,22-/m1/s1. The minimum atomic E-state index is -1.03. The normalized spacial score (nSPS) is 12.8. The third-order valence-corrected chi connectivity index (χ3v) is 4.32. The number of carbonyl (C=O) groups is 2. The molecule has 0 aliphatic heterocycles. The van der Waals surface area contributed by atoms with Gasteiger partial charge in [-0.25, -0.2) is 9.59 Å². The maximum atomic E-state index is 12.5. The van der Waals surface area contributed by atoms with Crippen LogP contribution in [0.3, 0.4) is 0 Å². The van der Waals surface area contributed by atoms with Gasteiger partial charge < -0.3 is 24.4 Å². The van der Waals surface area contributed by atoms with Crippen LogP contribution in [0.15, 0.2) is 66.7 Å². The third kappa shape index (κ3) is 8.49. The minimum absolute atomic E-state index is 0.125. The molecule has 166 valence electrons. The second-order valence-corrected chi connectivity index (χ2v) is 6.55. The summed E-state index contributed by atoms with van der Waals surface area (Å²) in [5, 5.41) is 20.4. The number of para-hydroxylation sites is 1. The number of methoxy groups -OCH3 is 1. The van der Waals surface area contributed by atoms with E-state index >= 15 is 0 Å². The fourth-order valence-corrected chi connectivity index (χ4v) is 2.92. The van der Waals surface area contributed by atoms with E-state index < -0.39 is 24.3 Å². The smallest absolute Gasteiger partial charge is 0.412 e. The van der Waals surface area contributed by atoms with Crippen LogP contribution in [0.4, 0.5) is 10.5 Å². The number of aliphatic hydroxyl groups is 1. The molecule has 0 bridgehead atoms. The van der Waals surface area contributed by atoms with Crippen molar-refractivity contribution in [3.8, 4) is 5.75 Å². The monoisotopic (exact) mass is 429 g/mol. The molecule has 2 atom stereocenters. The van der Waals surface area contributed by atoms with Crippen LogP contribution < -0.4 is 10.1 Å². The molecule has 0 radical (unpaired) electrons. The first kappa shape index (κ1) is 23.9. The average Bonchev–Trinajstić information content (AvgIpc) is 2.77. The Morgan fingerprint density at radius 2 is 1.90 bits per heavy atom. The fourth-order valence-electron chi connectivity index (χ4n) is 2.92. The SMILES string of the molecule is CO[C@H](CC/C=C/C(=O)O)[C@H](OC(=O)Nc1ccccc1)c1cccc(OCCO)c1. The van der Waals surface area contributed by atoms with Gasteiger partial charge in [0.05, 0.1) is 12.7 Å². The van der Waals surface area contributed by atoms with Crippen LogP contribution in [0.2, 0.25) is 0 Å². The first-order chi connectivity index (χ1) is 15.0. The number of amides is 1. The van der Waals surface area contributed by atoms with Gasteiger partial charge >= 0.3 is 12.1 Å². The summed E-state index contributed by atoms with van der Waals surface area (Å²) < 4.78 is 16.8. The molecule has 0 saturated carbocycles. The van der Waals surface area contributed by atoms with E-state index in [0.717, 1.165) is 6.08 Å². The summed E-state index contributed by atoms with van der Waals surface area (Å²) in [6.45, 7) is 0.0113. The number of benzene rings is 2. The van der Waals surface area contributed by atoms with Gasteiger partial charge in [-0.05, 0) is 42.7 Å². The average molecular weight is 429 g/mol. The molecule has 31 heavy (non-hydrogen) atoms. The summed E-state index contributed by atoms with van der Waals surface area (Å²) in [5.74, 6) is -0.512. The molecule has 0 fully saturated rings. The number of anilines is 1. The first-order valence-electron chi connectivity index (χ1n) is 9.82. The summed E-state index contributed by atoms with van der Waals surface area (Å²) in [6.07, 6.45) is 1.47. The zero-order chi connectivity index (χ0) is 22.5. The molecule has 0 aliphatic carbocycles. The lowest BCUT2D eigenvalue weighted by Crippen LogP contribution is -2.28. The molecule has 2 aromatic carbocycles. The molecular weight excluding hydrogens is 402 g/mol. The molecule has 2 rings (SSSR count). The molecule has 0 spiro atoms. The van der Waals surface area contributed by atoms with E-state index in [9.17, 15) is 9.59 Å². The summed E-state index contributed by atoms with van der Waals surface area (Å²) >= 11 is 0. The molecular formula is C23H27NO7. The van der Waals surface area contributed by atoms with E-state index in [1.54, 1.807) is 48.5 Å². The van der Waals surface area contributed by atoms with Gasteiger partial charge in [0.1, 0.15) is 12.4 Å². The van der Waals surface area contributed by atoms with E-state index in [4.69, 9.17) is 24.4 Å².